The van der Waals surface area contributed by atoms with Crippen LogP contribution in [0.15, 0.2) is 30.3 Å². The summed E-state index contributed by atoms with van der Waals surface area (Å²) in [5.41, 5.74) is -2.94. The first kappa shape index (κ1) is 57.3. The van der Waals surface area contributed by atoms with Crippen LogP contribution in [0.3, 0.4) is 0 Å². The SMILES string of the molecule is CC[C@H]1OC(=O)[C@H](C)[C@@H](O[C@@H]2C[C@@](C)(OC)[C@@H](OC(C)=O)[C@H](C)O2)[C@H](C)[C@@H](O[C@@H]2O[C@H](C)C[C@@H](OCC3CCN(Cc4ccccc4)CC3)[C@@H]2N(C)C)[C@@](C)(OC)C[C@@H](C)C(=O)[C@H](C)[C@@H](O)[C@]1(C)O. The van der Waals surface area contributed by atoms with Crippen LogP contribution in [-0.4, -0.2) is 170 Å². The van der Waals surface area contributed by atoms with Crippen LogP contribution in [0.2, 0.25) is 0 Å². The van der Waals surface area contributed by atoms with Gasteiger partial charge in [0.1, 0.15) is 23.1 Å². The number of piperidine rings is 1. The summed E-state index contributed by atoms with van der Waals surface area (Å²) in [5.74, 6) is -4.50. The van der Waals surface area contributed by atoms with E-state index >= 15 is 0 Å². The average molecular weight is 977 g/mol. The lowest BCUT2D eigenvalue weighted by molar-refractivity contribution is -0.318. The van der Waals surface area contributed by atoms with Crippen molar-refractivity contribution in [3.8, 4) is 0 Å². The van der Waals surface area contributed by atoms with E-state index in [0.717, 1.165) is 32.5 Å². The molecule has 16 heteroatoms. The van der Waals surface area contributed by atoms with Crippen molar-refractivity contribution in [1.29, 1.82) is 0 Å². The van der Waals surface area contributed by atoms with E-state index in [1.807, 2.05) is 47.9 Å². The van der Waals surface area contributed by atoms with Gasteiger partial charge in [0.25, 0.3) is 0 Å². The third-order valence-electron chi connectivity index (χ3n) is 15.9. The molecule has 0 spiro atoms. The first-order valence-corrected chi connectivity index (χ1v) is 25.5. The molecular weight excluding hydrogens is 889 g/mol. The first-order chi connectivity index (χ1) is 32.4. The molecule has 1 aromatic rings. The minimum absolute atomic E-state index is 0.128. The van der Waals surface area contributed by atoms with Crippen LogP contribution in [0, 0.1) is 29.6 Å². The Hall–Kier alpha value is -2.61. The molecule has 5 rings (SSSR count). The van der Waals surface area contributed by atoms with Gasteiger partial charge in [0.2, 0.25) is 0 Å². The van der Waals surface area contributed by atoms with E-state index in [-0.39, 0.29) is 43.3 Å². The second-order valence-electron chi connectivity index (χ2n) is 21.7. The number of hydrogen-bond acceptors (Lipinski definition) is 16. The maximum atomic E-state index is 14.6. The van der Waals surface area contributed by atoms with Crippen molar-refractivity contribution in [2.45, 2.75) is 205 Å². The number of benzene rings is 1. The highest BCUT2D eigenvalue weighted by Gasteiger charge is 2.55. The predicted octanol–water partition coefficient (Wildman–Crippen LogP) is 5.95. The minimum Gasteiger partial charge on any atom is -0.459 e. The molecule has 2 N–H and O–H groups in total. The summed E-state index contributed by atoms with van der Waals surface area (Å²) in [6, 6.07) is 10.2. The van der Waals surface area contributed by atoms with Crippen LogP contribution in [0.4, 0.5) is 0 Å². The van der Waals surface area contributed by atoms with Gasteiger partial charge < -0.3 is 52.8 Å². The normalized spacial score (nSPS) is 41.6. The Balaban J connectivity index is 1.51. The zero-order valence-corrected chi connectivity index (χ0v) is 44.4. The predicted molar refractivity (Wildman–Crippen MR) is 259 cm³/mol. The molecule has 4 saturated heterocycles. The van der Waals surface area contributed by atoms with Crippen LogP contribution in [0.1, 0.15) is 120 Å². The van der Waals surface area contributed by atoms with Gasteiger partial charge in [-0.15, -0.1) is 0 Å². The van der Waals surface area contributed by atoms with Gasteiger partial charge in [-0.1, -0.05) is 58.0 Å². The molecule has 0 saturated carbocycles. The van der Waals surface area contributed by atoms with Gasteiger partial charge in [0.15, 0.2) is 18.7 Å². The van der Waals surface area contributed by atoms with E-state index in [1.54, 1.807) is 41.7 Å². The number of esters is 2. The number of ketones is 1. The summed E-state index contributed by atoms with van der Waals surface area (Å²) in [6.45, 7) is 22.5. The highest BCUT2D eigenvalue weighted by atomic mass is 16.7. The number of Topliss-reactive ketones (excluding diaryl/α,β-unsaturated/α-hetero) is 1. The number of hydrogen-bond donors (Lipinski definition) is 2. The summed E-state index contributed by atoms with van der Waals surface area (Å²) in [4.78, 5) is 45.8. The fourth-order valence-corrected chi connectivity index (χ4v) is 11.6. The van der Waals surface area contributed by atoms with Crippen LogP contribution >= 0.6 is 0 Å². The van der Waals surface area contributed by atoms with Crippen molar-refractivity contribution in [1.82, 2.24) is 9.80 Å². The maximum absolute atomic E-state index is 14.6. The Bertz CT molecular complexity index is 1800. The first-order valence-electron chi connectivity index (χ1n) is 25.5. The third kappa shape index (κ3) is 13.7. The third-order valence-corrected chi connectivity index (χ3v) is 15.9. The van der Waals surface area contributed by atoms with Gasteiger partial charge >= 0.3 is 11.9 Å². The highest BCUT2D eigenvalue weighted by molar-refractivity contribution is 5.83. The summed E-state index contributed by atoms with van der Waals surface area (Å²) in [6.07, 6.45) is -5.29. The monoisotopic (exact) mass is 977 g/mol. The molecule has 4 fully saturated rings. The lowest BCUT2D eigenvalue weighted by Gasteiger charge is -2.51. The summed E-state index contributed by atoms with van der Waals surface area (Å²) in [7, 11) is 7.08. The van der Waals surface area contributed by atoms with E-state index < -0.39 is 102 Å². The lowest BCUT2D eigenvalue weighted by Crippen LogP contribution is -2.62. The van der Waals surface area contributed by atoms with Gasteiger partial charge in [-0.25, -0.2) is 0 Å². The summed E-state index contributed by atoms with van der Waals surface area (Å²) >= 11 is 0. The number of likely N-dealkylation sites (tertiary alicyclic amines) is 1. The fourth-order valence-electron chi connectivity index (χ4n) is 11.6. The molecule has 0 amide bonds. The van der Waals surface area contributed by atoms with E-state index in [0.29, 0.717) is 18.9 Å². The Morgan fingerprint density at radius 1 is 0.884 bits per heavy atom. The number of methoxy groups -OCH3 is 2. The quantitative estimate of drug-likeness (QED) is 0.209. The largest absolute Gasteiger partial charge is 0.459 e. The number of aliphatic hydroxyl groups is 2. The summed E-state index contributed by atoms with van der Waals surface area (Å²) in [5, 5.41) is 23.6. The Labute approximate surface area is 412 Å². The number of carbonyl (C=O) groups is 3. The molecule has 0 radical (unpaired) electrons. The van der Waals surface area contributed by atoms with Crippen molar-refractivity contribution in [3.63, 3.8) is 0 Å². The van der Waals surface area contributed by atoms with Crippen LogP contribution in [0.25, 0.3) is 0 Å². The van der Waals surface area contributed by atoms with E-state index in [2.05, 4.69) is 34.1 Å². The molecule has 18 atom stereocenters. The second-order valence-corrected chi connectivity index (χ2v) is 21.7. The number of ether oxygens (including phenoxy) is 9. The molecule has 0 unspecified atom stereocenters. The summed E-state index contributed by atoms with van der Waals surface area (Å²) < 4.78 is 58.8. The van der Waals surface area contributed by atoms with Crippen molar-refractivity contribution in [3.05, 3.63) is 35.9 Å². The Morgan fingerprint density at radius 2 is 1.51 bits per heavy atom. The standard InChI is InChI=1S/C53H88N2O14/c1-16-41-53(11,60)46(58)33(4)44(57)31(2)27-51(9,61-14)47(34(5)45(35(6)49(59)67-41)68-42-28-52(10,62-15)48(36(7)65-42)66-37(8)56)69-50-43(54(12)13)40(26-32(3)64-50)63-30-39-22-24-55(25-23-39)29-38-20-18-17-19-21-38/h17-21,31-36,39-43,45-48,50,58,60H,16,22-30H2,1-15H3/t31-,32-,33+,34+,35-,36+,40-,41-,42-,43+,45+,46-,47-,48+,50+,51+,52-,53-/m1/s1. The molecule has 69 heavy (non-hydrogen) atoms. The van der Waals surface area contributed by atoms with Crippen molar-refractivity contribution >= 4 is 17.7 Å². The van der Waals surface area contributed by atoms with Crippen molar-refractivity contribution in [2.24, 2.45) is 29.6 Å². The van der Waals surface area contributed by atoms with Crippen molar-refractivity contribution < 1.29 is 67.2 Å². The second kappa shape index (κ2) is 24.4. The van der Waals surface area contributed by atoms with Gasteiger partial charge in [-0.2, -0.15) is 0 Å². The number of carbonyl (C=O) groups excluding carboxylic acids is 3. The highest BCUT2D eigenvalue weighted by Crippen LogP contribution is 2.43. The number of nitrogens with zero attached hydrogens (tertiary/aromatic N) is 2. The van der Waals surface area contributed by atoms with Crippen LogP contribution < -0.4 is 0 Å². The molecule has 4 aliphatic heterocycles. The Morgan fingerprint density at radius 3 is 2.09 bits per heavy atom. The number of rotatable bonds is 14. The molecule has 4 aliphatic rings. The smallest absolute Gasteiger partial charge is 0.311 e. The van der Waals surface area contributed by atoms with Crippen LogP contribution in [0.5, 0.6) is 0 Å². The Kier molecular flexibility index (Phi) is 20.3. The van der Waals surface area contributed by atoms with Gasteiger partial charge in [-0.3, -0.25) is 24.2 Å². The van der Waals surface area contributed by atoms with E-state index in [9.17, 15) is 24.6 Å². The number of likely N-dealkylation sites (N-methyl/N-ethyl adjacent to an activating group) is 1. The van der Waals surface area contributed by atoms with Crippen LogP contribution in [-0.2, 0) is 63.6 Å². The topological polar surface area (TPSA) is 181 Å². The number of cyclic esters (lactones) is 1. The molecule has 1 aromatic carbocycles. The van der Waals surface area contributed by atoms with Crippen molar-refractivity contribution in [2.75, 3.05) is 48.0 Å². The molecule has 0 aliphatic carbocycles. The molecule has 0 aromatic heterocycles. The fraction of sp³-hybridized carbons (Fsp3) is 0.830. The number of aliphatic hydroxyl groups excluding tert-OH is 1. The van der Waals surface area contributed by atoms with E-state index in [1.165, 1.54) is 26.5 Å². The zero-order chi connectivity index (χ0) is 51.2. The molecule has 394 valence electrons. The van der Waals surface area contributed by atoms with Gasteiger partial charge in [0.05, 0.1) is 54.2 Å². The van der Waals surface area contributed by atoms with Gasteiger partial charge in [0, 0.05) is 64.9 Å². The van der Waals surface area contributed by atoms with Gasteiger partial charge in [-0.05, 0) is 106 Å². The molecule has 0 bridgehead atoms. The lowest BCUT2D eigenvalue weighted by atomic mass is 9.74. The van der Waals surface area contributed by atoms with E-state index in [4.69, 9.17) is 42.6 Å². The molecular formula is C53H88N2O14. The zero-order valence-electron chi connectivity index (χ0n) is 44.4. The minimum atomic E-state index is -1.98. The molecule has 4 heterocycles. The maximum Gasteiger partial charge on any atom is 0.311 e. The molecule has 16 nitrogen and oxygen atoms in total. The average Bonchev–Trinajstić information content (AvgIpc) is 3.30.